The number of phenolic OH excluding ortho intramolecular Hbond substituents is 1. The zero-order valence-corrected chi connectivity index (χ0v) is 13.8. The van der Waals surface area contributed by atoms with Gasteiger partial charge in [0.05, 0.1) is 0 Å². The first kappa shape index (κ1) is 17.5. The summed E-state index contributed by atoms with van der Waals surface area (Å²) in [5, 5.41) is 9.65. The summed E-state index contributed by atoms with van der Waals surface area (Å²) < 4.78 is 13.4. The van der Waals surface area contributed by atoms with Crippen LogP contribution in [-0.2, 0) is 11.2 Å². The summed E-state index contributed by atoms with van der Waals surface area (Å²) in [6.07, 6.45) is 3.57. The van der Waals surface area contributed by atoms with Crippen LogP contribution in [0.3, 0.4) is 0 Å². The molecule has 0 amide bonds. The molecule has 0 aliphatic carbocycles. The molecule has 0 aliphatic rings. The van der Waals surface area contributed by atoms with Crippen molar-refractivity contribution < 1.29 is 14.3 Å². The number of halogens is 1. The number of ketones is 1. The molecule has 2 rings (SSSR count). The molecule has 23 heavy (non-hydrogen) atoms. The van der Waals surface area contributed by atoms with E-state index in [0.717, 1.165) is 25.0 Å². The lowest BCUT2D eigenvalue weighted by Gasteiger charge is -2.05. The Labute approximate surface area is 140 Å². The number of thioether (sulfide) groups is 1. The predicted octanol–water partition coefficient (Wildman–Crippen LogP) is 5.00. The molecular weight excluding hydrogens is 311 g/mol. The van der Waals surface area contributed by atoms with E-state index in [1.54, 1.807) is 30.3 Å². The molecule has 0 radical (unpaired) electrons. The van der Waals surface area contributed by atoms with Crippen LogP contribution in [-0.4, -0.2) is 16.6 Å². The Morgan fingerprint density at radius 2 is 1.74 bits per heavy atom. The Morgan fingerprint density at radius 1 is 1.00 bits per heavy atom. The fraction of sp³-hybridized carbons (Fsp3) is 0.316. The van der Waals surface area contributed by atoms with E-state index < -0.39 is 0 Å². The Kier molecular flexibility index (Phi) is 7.14. The minimum absolute atomic E-state index is 0.147. The number of rotatable bonds is 9. The molecule has 4 heteroatoms. The van der Waals surface area contributed by atoms with Gasteiger partial charge in [0.2, 0.25) is 0 Å². The standard InChI is InChI=1S/C19H21FO2S/c20-17-10-4-6-12-19(17)23-13-7-1-2-9-16(21)14-15-8-3-5-11-18(15)22/h3-6,8,10-12,22H,1-2,7,9,13-14H2. The maximum absolute atomic E-state index is 13.4. The van der Waals surface area contributed by atoms with Gasteiger partial charge in [0.1, 0.15) is 17.3 Å². The van der Waals surface area contributed by atoms with Crippen molar-refractivity contribution in [3.05, 3.63) is 59.9 Å². The molecule has 0 saturated heterocycles. The summed E-state index contributed by atoms with van der Waals surface area (Å²) >= 11 is 1.52. The van der Waals surface area contributed by atoms with Crippen LogP contribution in [0.4, 0.5) is 4.39 Å². The molecule has 0 heterocycles. The number of Topliss-reactive ketones (excluding diaryl/α,β-unsaturated/α-hetero) is 1. The molecule has 2 aromatic carbocycles. The number of carbonyl (C=O) groups is 1. The van der Waals surface area contributed by atoms with Crippen molar-refractivity contribution in [2.75, 3.05) is 5.75 Å². The molecule has 0 aliphatic heterocycles. The van der Waals surface area contributed by atoms with Gasteiger partial charge < -0.3 is 5.11 Å². The second-order valence-electron chi connectivity index (χ2n) is 5.43. The molecule has 0 atom stereocenters. The highest BCUT2D eigenvalue weighted by Crippen LogP contribution is 2.23. The first-order chi connectivity index (χ1) is 11.2. The van der Waals surface area contributed by atoms with E-state index in [2.05, 4.69) is 0 Å². The van der Waals surface area contributed by atoms with E-state index >= 15 is 0 Å². The molecule has 0 spiro atoms. The molecule has 0 unspecified atom stereocenters. The second kappa shape index (κ2) is 9.36. The maximum atomic E-state index is 13.4. The Balaban J connectivity index is 1.59. The molecule has 2 aromatic rings. The normalized spacial score (nSPS) is 10.7. The van der Waals surface area contributed by atoms with E-state index in [0.29, 0.717) is 16.9 Å². The molecule has 122 valence electrons. The fourth-order valence-corrected chi connectivity index (χ4v) is 3.26. The number of benzene rings is 2. The van der Waals surface area contributed by atoms with Gasteiger partial charge in [-0.3, -0.25) is 4.79 Å². The topological polar surface area (TPSA) is 37.3 Å². The summed E-state index contributed by atoms with van der Waals surface area (Å²) in [6.45, 7) is 0. The minimum atomic E-state index is -0.171. The fourth-order valence-electron chi connectivity index (χ4n) is 2.31. The third-order valence-corrected chi connectivity index (χ3v) is 4.71. The van der Waals surface area contributed by atoms with Crippen LogP contribution >= 0.6 is 11.8 Å². The monoisotopic (exact) mass is 332 g/mol. The van der Waals surface area contributed by atoms with Gasteiger partial charge in [-0.1, -0.05) is 36.8 Å². The average molecular weight is 332 g/mol. The predicted molar refractivity (Wildman–Crippen MR) is 92.4 cm³/mol. The number of unbranched alkanes of at least 4 members (excludes halogenated alkanes) is 2. The van der Waals surface area contributed by atoms with E-state index in [4.69, 9.17) is 0 Å². The highest BCUT2D eigenvalue weighted by molar-refractivity contribution is 7.99. The zero-order chi connectivity index (χ0) is 16.5. The van der Waals surface area contributed by atoms with Gasteiger partial charge in [-0.2, -0.15) is 0 Å². The van der Waals surface area contributed by atoms with Gasteiger partial charge in [-0.15, -0.1) is 11.8 Å². The van der Waals surface area contributed by atoms with Gasteiger partial charge >= 0.3 is 0 Å². The van der Waals surface area contributed by atoms with Crippen molar-refractivity contribution in [3.63, 3.8) is 0 Å². The van der Waals surface area contributed by atoms with Crippen LogP contribution < -0.4 is 0 Å². The summed E-state index contributed by atoms with van der Waals surface area (Å²) in [4.78, 5) is 12.6. The quantitative estimate of drug-likeness (QED) is 0.519. The van der Waals surface area contributed by atoms with E-state index in [-0.39, 0.29) is 23.8 Å². The highest BCUT2D eigenvalue weighted by Gasteiger charge is 2.07. The van der Waals surface area contributed by atoms with Crippen molar-refractivity contribution in [3.8, 4) is 5.75 Å². The summed E-state index contributed by atoms with van der Waals surface area (Å²) in [7, 11) is 0. The Morgan fingerprint density at radius 3 is 2.52 bits per heavy atom. The van der Waals surface area contributed by atoms with Crippen LogP contribution in [0.25, 0.3) is 0 Å². The summed E-state index contributed by atoms with van der Waals surface area (Å²) in [5.41, 5.74) is 0.688. The lowest BCUT2D eigenvalue weighted by Crippen LogP contribution is -2.02. The Hall–Kier alpha value is -1.81. The van der Waals surface area contributed by atoms with Crippen molar-refractivity contribution in [1.82, 2.24) is 0 Å². The van der Waals surface area contributed by atoms with Crippen molar-refractivity contribution in [2.24, 2.45) is 0 Å². The first-order valence-corrected chi connectivity index (χ1v) is 8.81. The SMILES string of the molecule is O=C(CCCCCSc1ccccc1F)Cc1ccccc1O. The van der Waals surface area contributed by atoms with Crippen molar-refractivity contribution in [2.45, 2.75) is 37.0 Å². The molecule has 2 nitrogen and oxygen atoms in total. The molecular formula is C19H21FO2S. The van der Waals surface area contributed by atoms with Crippen LogP contribution in [0.5, 0.6) is 5.75 Å². The maximum Gasteiger partial charge on any atom is 0.137 e. The Bertz CT molecular complexity index is 643. The number of hydrogen-bond acceptors (Lipinski definition) is 3. The molecule has 0 saturated carbocycles. The number of para-hydroxylation sites is 1. The second-order valence-corrected chi connectivity index (χ2v) is 6.57. The van der Waals surface area contributed by atoms with Crippen LogP contribution in [0.2, 0.25) is 0 Å². The highest BCUT2D eigenvalue weighted by atomic mass is 32.2. The van der Waals surface area contributed by atoms with Gasteiger partial charge in [0.15, 0.2) is 0 Å². The van der Waals surface area contributed by atoms with E-state index in [1.807, 2.05) is 12.1 Å². The molecule has 0 bridgehead atoms. The molecule has 0 fully saturated rings. The van der Waals surface area contributed by atoms with Crippen molar-refractivity contribution >= 4 is 17.5 Å². The number of carbonyl (C=O) groups excluding carboxylic acids is 1. The summed E-state index contributed by atoms with van der Waals surface area (Å²) in [6, 6.07) is 13.7. The van der Waals surface area contributed by atoms with Gasteiger partial charge in [-0.05, 0) is 36.8 Å². The van der Waals surface area contributed by atoms with Gasteiger partial charge in [-0.25, -0.2) is 4.39 Å². The lowest BCUT2D eigenvalue weighted by molar-refractivity contribution is -0.118. The van der Waals surface area contributed by atoms with Crippen LogP contribution in [0.1, 0.15) is 31.2 Å². The summed E-state index contributed by atoms with van der Waals surface area (Å²) in [5.74, 6) is 1.01. The van der Waals surface area contributed by atoms with Gasteiger partial charge in [0, 0.05) is 23.3 Å². The smallest absolute Gasteiger partial charge is 0.137 e. The number of hydrogen-bond donors (Lipinski definition) is 1. The lowest BCUT2D eigenvalue weighted by atomic mass is 10.0. The number of phenols is 1. The first-order valence-electron chi connectivity index (χ1n) is 7.82. The van der Waals surface area contributed by atoms with Gasteiger partial charge in [0.25, 0.3) is 0 Å². The largest absolute Gasteiger partial charge is 0.508 e. The van der Waals surface area contributed by atoms with E-state index in [9.17, 15) is 14.3 Å². The van der Waals surface area contributed by atoms with Crippen molar-refractivity contribution in [1.29, 1.82) is 0 Å². The number of aromatic hydroxyl groups is 1. The zero-order valence-electron chi connectivity index (χ0n) is 13.0. The third-order valence-electron chi connectivity index (χ3n) is 3.57. The van der Waals surface area contributed by atoms with Crippen LogP contribution in [0.15, 0.2) is 53.4 Å². The van der Waals surface area contributed by atoms with E-state index in [1.165, 1.54) is 17.8 Å². The molecule has 0 aromatic heterocycles. The third kappa shape index (κ3) is 6.06. The minimum Gasteiger partial charge on any atom is -0.508 e. The van der Waals surface area contributed by atoms with Crippen LogP contribution in [0, 0.1) is 5.82 Å². The average Bonchev–Trinajstić information content (AvgIpc) is 2.54. The molecule has 1 N–H and O–H groups in total.